The van der Waals surface area contributed by atoms with Crippen LogP contribution in [0.3, 0.4) is 0 Å². The molecule has 4 heteroatoms. The van der Waals surface area contributed by atoms with E-state index in [1.54, 1.807) is 0 Å². The Labute approximate surface area is 174 Å². The third-order valence-electron chi connectivity index (χ3n) is 6.15. The fourth-order valence-electron chi connectivity index (χ4n) is 4.06. The van der Waals surface area contributed by atoms with Gasteiger partial charge in [0.05, 0.1) is 5.69 Å². The molecule has 1 aromatic heterocycles. The zero-order valence-corrected chi connectivity index (χ0v) is 18.6. The van der Waals surface area contributed by atoms with Gasteiger partial charge in [0.15, 0.2) is 11.6 Å². The van der Waals surface area contributed by atoms with Crippen molar-refractivity contribution in [2.45, 2.75) is 78.2 Å². The van der Waals surface area contributed by atoms with Crippen molar-refractivity contribution < 1.29 is 4.74 Å². The van der Waals surface area contributed by atoms with Crippen LogP contribution in [0.15, 0.2) is 30.3 Å². The molecule has 28 heavy (non-hydrogen) atoms. The lowest BCUT2D eigenvalue weighted by Gasteiger charge is -2.30. The Bertz CT molecular complexity index is 824. The molecule has 0 saturated heterocycles. The quantitative estimate of drug-likeness (QED) is 0.469. The van der Waals surface area contributed by atoms with Gasteiger partial charge in [-0.3, -0.25) is 0 Å². The van der Waals surface area contributed by atoms with E-state index in [2.05, 4.69) is 45.7 Å². The van der Waals surface area contributed by atoms with E-state index in [1.807, 2.05) is 24.3 Å². The monoisotopic (exact) mass is 400 g/mol. The molecule has 0 amide bonds. The van der Waals surface area contributed by atoms with Crippen molar-refractivity contribution in [1.29, 1.82) is 0 Å². The van der Waals surface area contributed by atoms with E-state index in [0.717, 1.165) is 27.9 Å². The minimum atomic E-state index is -0.410. The smallest absolute Gasteiger partial charge is 0.173 e. The fourth-order valence-corrected chi connectivity index (χ4v) is 4.19. The van der Waals surface area contributed by atoms with Gasteiger partial charge in [0.2, 0.25) is 0 Å². The summed E-state index contributed by atoms with van der Waals surface area (Å²) in [7, 11) is 0. The highest BCUT2D eigenvalue weighted by molar-refractivity contribution is 6.30. The molecule has 0 aliphatic carbocycles. The van der Waals surface area contributed by atoms with Gasteiger partial charge in [0, 0.05) is 16.6 Å². The Balaban J connectivity index is 1.74. The van der Waals surface area contributed by atoms with Crippen LogP contribution in [0.2, 0.25) is 5.02 Å². The molecule has 0 spiro atoms. The number of nitrogens with one attached hydrogen (secondary N) is 1. The van der Waals surface area contributed by atoms with E-state index in [-0.39, 0.29) is 5.92 Å². The summed E-state index contributed by atoms with van der Waals surface area (Å²) in [6, 6.07) is 7.94. The van der Waals surface area contributed by atoms with Gasteiger partial charge < -0.3 is 9.72 Å². The van der Waals surface area contributed by atoms with Gasteiger partial charge in [-0.15, -0.1) is 0 Å². The number of rotatable bonds is 8. The predicted molar refractivity (Wildman–Crippen MR) is 118 cm³/mol. The topological polar surface area (TPSA) is 37.9 Å². The number of aromatic nitrogens is 2. The summed E-state index contributed by atoms with van der Waals surface area (Å²) in [6.45, 7) is 11.0. The van der Waals surface area contributed by atoms with Gasteiger partial charge in [-0.05, 0) is 50.0 Å². The molecule has 0 radical (unpaired) electrons. The summed E-state index contributed by atoms with van der Waals surface area (Å²) in [5.74, 6) is 2.42. The molecule has 2 unspecified atom stereocenters. The van der Waals surface area contributed by atoms with E-state index >= 15 is 0 Å². The first-order chi connectivity index (χ1) is 13.3. The molecule has 3 atom stereocenters. The first-order valence-electron chi connectivity index (χ1n) is 10.6. The number of hydrogen-bond acceptors (Lipinski definition) is 2. The van der Waals surface area contributed by atoms with Crippen molar-refractivity contribution in [3.8, 4) is 0 Å². The number of unbranched alkanes of at least 4 members (excludes halogenated alkanes) is 3. The molecule has 152 valence electrons. The highest BCUT2D eigenvalue weighted by Crippen LogP contribution is 2.44. The van der Waals surface area contributed by atoms with Crippen molar-refractivity contribution in [2.75, 3.05) is 0 Å². The van der Waals surface area contributed by atoms with Crippen LogP contribution in [0.1, 0.15) is 88.5 Å². The Morgan fingerprint density at radius 1 is 1.21 bits per heavy atom. The SMILES string of the molecule is CCCCCCC(C)c1[nH]c(C2=C[C@@H](C)C(C)(c3ccc(Cl)cc3)O2)nc1C. The van der Waals surface area contributed by atoms with Gasteiger partial charge >= 0.3 is 0 Å². The van der Waals surface area contributed by atoms with Crippen molar-refractivity contribution in [1.82, 2.24) is 9.97 Å². The van der Waals surface area contributed by atoms with Crippen LogP contribution in [-0.2, 0) is 10.3 Å². The van der Waals surface area contributed by atoms with Crippen molar-refractivity contribution in [3.05, 3.63) is 58.1 Å². The maximum atomic E-state index is 6.46. The predicted octanol–water partition coefficient (Wildman–Crippen LogP) is 7.37. The number of halogens is 1. The van der Waals surface area contributed by atoms with Crippen molar-refractivity contribution in [3.63, 3.8) is 0 Å². The third-order valence-corrected chi connectivity index (χ3v) is 6.40. The number of imidazole rings is 1. The average Bonchev–Trinajstić information content (AvgIpc) is 3.20. The molecule has 1 aliphatic heterocycles. The van der Waals surface area contributed by atoms with Crippen LogP contribution in [0.4, 0.5) is 0 Å². The molecular formula is C24H33ClN2O. The largest absolute Gasteiger partial charge is 0.479 e. The zero-order chi connectivity index (χ0) is 20.3. The molecule has 2 heterocycles. The zero-order valence-electron chi connectivity index (χ0n) is 17.8. The minimum Gasteiger partial charge on any atom is -0.479 e. The third kappa shape index (κ3) is 4.30. The number of benzene rings is 1. The van der Waals surface area contributed by atoms with E-state index in [0.29, 0.717) is 5.92 Å². The number of nitrogens with zero attached hydrogens (tertiary/aromatic N) is 1. The summed E-state index contributed by atoms with van der Waals surface area (Å²) >= 11 is 6.06. The summed E-state index contributed by atoms with van der Waals surface area (Å²) in [4.78, 5) is 8.35. The molecule has 1 aromatic carbocycles. The molecule has 1 N–H and O–H groups in total. The van der Waals surface area contributed by atoms with Crippen LogP contribution in [0.5, 0.6) is 0 Å². The highest BCUT2D eigenvalue weighted by Gasteiger charge is 2.41. The second-order valence-corrected chi connectivity index (χ2v) is 8.81. The maximum absolute atomic E-state index is 6.46. The highest BCUT2D eigenvalue weighted by atomic mass is 35.5. The second kappa shape index (κ2) is 8.73. The molecule has 2 aromatic rings. The fraction of sp³-hybridized carbons (Fsp3) is 0.542. The van der Waals surface area contributed by atoms with E-state index in [4.69, 9.17) is 21.3 Å². The van der Waals surface area contributed by atoms with Crippen molar-refractivity contribution >= 4 is 17.4 Å². The second-order valence-electron chi connectivity index (χ2n) is 8.37. The Morgan fingerprint density at radius 3 is 2.61 bits per heavy atom. The molecular weight excluding hydrogens is 368 g/mol. The van der Waals surface area contributed by atoms with Crippen LogP contribution in [-0.4, -0.2) is 9.97 Å². The summed E-state index contributed by atoms with van der Waals surface area (Å²) in [5.41, 5.74) is 3.04. The molecule has 3 nitrogen and oxygen atoms in total. The molecule has 1 aliphatic rings. The van der Waals surface area contributed by atoms with Gasteiger partial charge in [-0.2, -0.15) is 0 Å². The van der Waals surface area contributed by atoms with Crippen LogP contribution in [0.25, 0.3) is 5.76 Å². The number of aromatic amines is 1. The lowest BCUT2D eigenvalue weighted by atomic mass is 9.85. The summed E-state index contributed by atoms with van der Waals surface area (Å²) in [5, 5.41) is 0.741. The van der Waals surface area contributed by atoms with Crippen molar-refractivity contribution in [2.24, 2.45) is 5.92 Å². The molecule has 0 fully saturated rings. The van der Waals surface area contributed by atoms with E-state index in [9.17, 15) is 0 Å². The lowest BCUT2D eigenvalue weighted by molar-refractivity contribution is 0.0421. The summed E-state index contributed by atoms with van der Waals surface area (Å²) < 4.78 is 6.46. The summed E-state index contributed by atoms with van der Waals surface area (Å²) in [6.07, 6.45) is 8.56. The number of aryl methyl sites for hydroxylation is 1. The average molecular weight is 401 g/mol. The molecule has 3 rings (SSSR count). The normalized spacial score (nSPS) is 22.8. The maximum Gasteiger partial charge on any atom is 0.173 e. The number of H-pyrrole nitrogens is 1. The first-order valence-corrected chi connectivity index (χ1v) is 11.0. The van der Waals surface area contributed by atoms with Crippen LogP contribution < -0.4 is 0 Å². The van der Waals surface area contributed by atoms with E-state index in [1.165, 1.54) is 37.8 Å². The number of hydrogen-bond donors (Lipinski definition) is 1. The minimum absolute atomic E-state index is 0.240. The Kier molecular flexibility index (Phi) is 6.54. The van der Waals surface area contributed by atoms with Gasteiger partial charge in [-0.1, -0.05) is 70.2 Å². The molecule has 0 saturated carbocycles. The Morgan fingerprint density at radius 2 is 1.93 bits per heavy atom. The van der Waals surface area contributed by atoms with E-state index < -0.39 is 5.60 Å². The van der Waals surface area contributed by atoms with Crippen LogP contribution >= 0.6 is 11.6 Å². The number of ether oxygens (including phenoxy) is 1. The lowest BCUT2D eigenvalue weighted by Crippen LogP contribution is -2.27. The standard InChI is InChI=1S/C24H33ClN2O/c1-6-7-8-9-10-16(2)22-18(4)26-23(27-22)21-15-17(3)24(5,28-21)19-11-13-20(25)14-12-19/h11-17H,6-10H2,1-5H3,(H,26,27)/t16?,17-,24?/m1/s1. The van der Waals surface area contributed by atoms with Crippen LogP contribution in [0, 0.1) is 12.8 Å². The van der Waals surface area contributed by atoms with Gasteiger partial charge in [-0.25, -0.2) is 4.98 Å². The Hall–Kier alpha value is -1.74. The van der Waals surface area contributed by atoms with Gasteiger partial charge in [0.25, 0.3) is 0 Å². The first kappa shape index (κ1) is 21.0. The van der Waals surface area contributed by atoms with Gasteiger partial charge in [0.1, 0.15) is 5.60 Å². The molecule has 0 bridgehead atoms.